The van der Waals surface area contributed by atoms with E-state index in [4.69, 9.17) is 20.2 Å². The van der Waals surface area contributed by atoms with Gasteiger partial charge in [0, 0.05) is 25.8 Å². The third-order valence-corrected chi connectivity index (χ3v) is 9.68. The molecule has 0 radical (unpaired) electrons. The summed E-state index contributed by atoms with van der Waals surface area (Å²) in [6.45, 7) is 7.19. The molecule has 47 heavy (non-hydrogen) atoms. The van der Waals surface area contributed by atoms with Gasteiger partial charge in [-0.05, 0) is 75.7 Å². The van der Waals surface area contributed by atoms with Gasteiger partial charge < -0.3 is 35.8 Å². The van der Waals surface area contributed by atoms with Crippen molar-refractivity contribution in [1.29, 1.82) is 0 Å². The second-order valence-electron chi connectivity index (χ2n) is 13.5. The SMILES string of the molecule is CCNC(COc1cc(CC[C-]2C=C(CO)C(CCCCCCCN)O2)ccc1O)[C+]1C=C(C(CNCC(C)O)C2CCCC2)C=N1. The largest absolute Gasteiger partial charge is 0.504 e. The molecule has 0 amide bonds. The first kappa shape index (κ1) is 37.3. The molecule has 9 heteroatoms. The molecule has 4 atom stereocenters. The fourth-order valence-electron chi connectivity index (χ4n) is 7.04. The summed E-state index contributed by atoms with van der Waals surface area (Å²) >= 11 is 0. The van der Waals surface area contributed by atoms with E-state index in [0.29, 0.717) is 30.7 Å². The van der Waals surface area contributed by atoms with Crippen LogP contribution >= 0.6 is 0 Å². The lowest BCUT2D eigenvalue weighted by Crippen LogP contribution is -2.38. The molecule has 0 spiro atoms. The average Bonchev–Trinajstić information content (AvgIpc) is 3.85. The first-order chi connectivity index (χ1) is 22.9. The number of aryl methyl sites for hydroxylation is 1. The predicted octanol–water partition coefficient (Wildman–Crippen LogP) is 5.15. The Morgan fingerprint density at radius 1 is 1.15 bits per heavy atom. The van der Waals surface area contributed by atoms with E-state index in [0.717, 1.165) is 81.4 Å². The topological polar surface area (TPSA) is 142 Å². The summed E-state index contributed by atoms with van der Waals surface area (Å²) in [5, 5.41) is 37.3. The zero-order valence-electron chi connectivity index (χ0n) is 28.8. The quantitative estimate of drug-likeness (QED) is 0.0705. The van der Waals surface area contributed by atoms with Gasteiger partial charge in [-0.25, -0.2) is 0 Å². The molecule has 262 valence electrons. The van der Waals surface area contributed by atoms with Crippen LogP contribution in [0, 0.1) is 24.0 Å². The minimum Gasteiger partial charge on any atom is -0.504 e. The number of phenols is 1. The fraction of sp³-hybridized carbons (Fsp3) is 0.658. The maximum atomic E-state index is 10.6. The zero-order valence-corrected chi connectivity index (χ0v) is 28.8. The molecule has 2 aliphatic heterocycles. The van der Waals surface area contributed by atoms with Gasteiger partial charge >= 0.3 is 0 Å². The van der Waals surface area contributed by atoms with Gasteiger partial charge in [0.15, 0.2) is 23.8 Å². The smallest absolute Gasteiger partial charge is 0.176 e. The summed E-state index contributed by atoms with van der Waals surface area (Å²) in [6.07, 6.45) is 19.8. The molecule has 2 heterocycles. The number of phenolic OH excluding ortho intramolecular Hbond substituents is 1. The lowest BCUT2D eigenvalue weighted by molar-refractivity contribution is 0.102. The number of aliphatic hydroxyl groups excluding tert-OH is 2. The molecule has 4 unspecified atom stereocenters. The van der Waals surface area contributed by atoms with E-state index < -0.39 is 0 Å². The number of nitrogens with zero attached hydrogens (tertiary/aromatic N) is 1. The van der Waals surface area contributed by atoms with E-state index >= 15 is 0 Å². The standard InChI is InChI=1S/C38H60N4O5/c1-3-41-35(34-21-30(23-42-34)33(24-40-22-27(2)44)29-11-8-9-12-29)26-46-38-19-28(15-17-36(38)45)14-16-32-20-31(25-43)37(47-32)13-7-5-4-6-10-18-39/h15,17,19-21,23,27,29,33,35,37,40-41,43-45H,3-14,16,18,22,24-26,39H2,1-2H3. The monoisotopic (exact) mass is 652 g/mol. The third kappa shape index (κ3) is 11.8. The van der Waals surface area contributed by atoms with Crippen LogP contribution in [-0.2, 0) is 11.2 Å². The lowest BCUT2D eigenvalue weighted by atomic mass is 9.84. The van der Waals surface area contributed by atoms with Crippen molar-refractivity contribution < 1.29 is 24.8 Å². The van der Waals surface area contributed by atoms with Crippen LogP contribution in [0.15, 0.2) is 46.5 Å². The number of aliphatic imine (C=N–C) groups is 1. The van der Waals surface area contributed by atoms with Gasteiger partial charge in [0.2, 0.25) is 0 Å². The highest BCUT2D eigenvalue weighted by molar-refractivity contribution is 5.84. The number of aliphatic hydroxyl groups is 2. The molecule has 1 aliphatic carbocycles. The average molecular weight is 653 g/mol. The van der Waals surface area contributed by atoms with Crippen LogP contribution < -0.4 is 21.1 Å². The van der Waals surface area contributed by atoms with Crippen molar-refractivity contribution in [3.05, 3.63) is 59.2 Å². The molecule has 1 aromatic rings. The molecule has 7 N–H and O–H groups in total. The second-order valence-corrected chi connectivity index (χ2v) is 13.5. The first-order valence-corrected chi connectivity index (χ1v) is 18.1. The van der Waals surface area contributed by atoms with Gasteiger partial charge in [-0.15, -0.1) is 4.99 Å². The molecule has 0 bridgehead atoms. The Hall–Kier alpha value is -2.53. The normalized spacial score (nSPS) is 20.1. The second kappa shape index (κ2) is 20.1. The van der Waals surface area contributed by atoms with Crippen LogP contribution in [0.3, 0.4) is 0 Å². The summed E-state index contributed by atoms with van der Waals surface area (Å²) in [6, 6.07) is 6.36. The van der Waals surface area contributed by atoms with Gasteiger partial charge in [-0.3, -0.25) is 5.32 Å². The van der Waals surface area contributed by atoms with Crippen LogP contribution in [0.5, 0.6) is 11.5 Å². The number of unbranched alkanes of at least 4 members (excludes halogenated alkanes) is 4. The van der Waals surface area contributed by atoms with E-state index in [1.807, 2.05) is 31.3 Å². The molecule has 1 saturated carbocycles. The lowest BCUT2D eigenvalue weighted by Gasteiger charge is -2.24. The van der Waals surface area contributed by atoms with Crippen molar-refractivity contribution in [2.24, 2.45) is 22.6 Å². The minimum absolute atomic E-state index is 0.0202. The molecule has 1 aromatic carbocycles. The number of hydrogen-bond donors (Lipinski definition) is 6. The number of ether oxygens (including phenoxy) is 2. The maximum absolute atomic E-state index is 10.6. The number of nitrogens with two attached hydrogens (primary N) is 1. The van der Waals surface area contributed by atoms with E-state index in [1.54, 1.807) is 6.07 Å². The summed E-state index contributed by atoms with van der Waals surface area (Å²) in [7, 11) is 0. The zero-order chi connectivity index (χ0) is 33.4. The van der Waals surface area contributed by atoms with Crippen LogP contribution in [-0.4, -0.2) is 79.2 Å². The molecule has 0 saturated heterocycles. The first-order valence-electron chi connectivity index (χ1n) is 18.1. The highest BCUT2D eigenvalue weighted by Gasteiger charge is 2.38. The predicted molar refractivity (Wildman–Crippen MR) is 189 cm³/mol. The highest BCUT2D eigenvalue weighted by atomic mass is 16.5. The van der Waals surface area contributed by atoms with E-state index in [9.17, 15) is 15.3 Å². The molecule has 0 aromatic heterocycles. The summed E-state index contributed by atoms with van der Waals surface area (Å²) in [4.78, 5) is 4.82. The number of nitrogens with one attached hydrogen (secondary N) is 2. The van der Waals surface area contributed by atoms with E-state index in [2.05, 4.69) is 23.6 Å². The van der Waals surface area contributed by atoms with Gasteiger partial charge in [-0.1, -0.05) is 64.0 Å². The van der Waals surface area contributed by atoms with Crippen LogP contribution in [0.25, 0.3) is 0 Å². The van der Waals surface area contributed by atoms with Gasteiger partial charge in [0.05, 0.1) is 18.1 Å². The van der Waals surface area contributed by atoms with E-state index in [-0.39, 0.29) is 30.6 Å². The maximum Gasteiger partial charge on any atom is 0.176 e. The van der Waals surface area contributed by atoms with Crippen molar-refractivity contribution in [1.82, 2.24) is 10.6 Å². The minimum atomic E-state index is -0.368. The number of rotatable bonds is 23. The Labute approximate surface area is 283 Å². The highest BCUT2D eigenvalue weighted by Crippen LogP contribution is 2.37. The number of hydrogen-bond acceptors (Lipinski definition) is 9. The fourth-order valence-corrected chi connectivity index (χ4v) is 7.04. The van der Waals surface area contributed by atoms with Crippen LogP contribution in [0.2, 0.25) is 0 Å². The molecule has 4 rings (SSSR count). The molecule has 1 fully saturated rings. The Balaban J connectivity index is 1.30. The van der Waals surface area contributed by atoms with Crippen molar-refractivity contribution >= 4 is 6.21 Å². The Morgan fingerprint density at radius 3 is 2.68 bits per heavy atom. The summed E-state index contributed by atoms with van der Waals surface area (Å²) in [5.41, 5.74) is 8.85. The molecular formula is C38H60N4O5. The van der Waals surface area contributed by atoms with Gasteiger partial charge in [-0.2, -0.15) is 11.6 Å². The van der Waals surface area contributed by atoms with Gasteiger partial charge in [0.1, 0.15) is 18.2 Å². The van der Waals surface area contributed by atoms with Crippen molar-refractivity contribution in [3.63, 3.8) is 0 Å². The van der Waals surface area contributed by atoms with Crippen LogP contribution in [0.1, 0.15) is 90.0 Å². The van der Waals surface area contributed by atoms with Crippen LogP contribution in [0.4, 0.5) is 0 Å². The molecule has 9 nitrogen and oxygen atoms in total. The number of aromatic hydroxyl groups is 1. The summed E-state index contributed by atoms with van der Waals surface area (Å²) < 4.78 is 12.5. The number of benzene rings is 1. The number of likely N-dealkylation sites (N-methyl/N-ethyl adjacent to an activating group) is 1. The molecular weight excluding hydrogens is 592 g/mol. The molecule has 3 aliphatic rings. The van der Waals surface area contributed by atoms with Gasteiger partial charge in [0.25, 0.3) is 0 Å². The Kier molecular flexibility index (Phi) is 15.9. The Bertz CT molecular complexity index is 1150. The van der Waals surface area contributed by atoms with E-state index in [1.165, 1.54) is 44.1 Å². The summed E-state index contributed by atoms with van der Waals surface area (Å²) in [5.74, 6) is 1.57. The Morgan fingerprint density at radius 2 is 1.94 bits per heavy atom. The van der Waals surface area contributed by atoms with Crippen molar-refractivity contribution in [2.75, 3.05) is 39.4 Å². The van der Waals surface area contributed by atoms with Crippen molar-refractivity contribution in [3.8, 4) is 11.5 Å². The third-order valence-electron chi connectivity index (χ3n) is 9.68. The van der Waals surface area contributed by atoms with Crippen molar-refractivity contribution in [2.45, 2.75) is 109 Å².